The number of hydrogen-bond donors (Lipinski definition) is 2. The summed E-state index contributed by atoms with van der Waals surface area (Å²) in [4.78, 5) is 19.1. The van der Waals surface area contributed by atoms with Crippen LogP contribution in [0.15, 0.2) is 29.1 Å². The van der Waals surface area contributed by atoms with Crippen molar-refractivity contribution in [1.29, 1.82) is 0 Å². The number of nitrogens with one attached hydrogen (secondary N) is 2. The lowest BCUT2D eigenvalue weighted by molar-refractivity contribution is 0.0583. The lowest BCUT2D eigenvalue weighted by atomic mass is 10.2. The summed E-state index contributed by atoms with van der Waals surface area (Å²) in [5.41, 5.74) is 0.608. The zero-order valence-electron chi connectivity index (χ0n) is 12.1. The van der Waals surface area contributed by atoms with Crippen molar-refractivity contribution in [2.24, 2.45) is 0 Å². The maximum absolute atomic E-state index is 11.9. The molecular formula is C16H21N3O2. The topological polar surface area (TPSA) is 67.0 Å². The molecule has 1 heterocycles. The standard InChI is InChI=1S/C16H21N3O2/c20-15-13-8-3-4-9-14(13)18-16(19-15)17-10-5-11-21-12-6-1-2-7-12/h3-4,8-9,12H,1-2,5-7,10-11H2,(H2,17,18,19,20). The Balaban J connectivity index is 1.50. The van der Waals surface area contributed by atoms with Crippen LogP contribution in [-0.2, 0) is 4.74 Å². The molecule has 0 saturated heterocycles. The van der Waals surface area contributed by atoms with Crippen molar-refractivity contribution in [2.75, 3.05) is 18.5 Å². The van der Waals surface area contributed by atoms with Gasteiger partial charge in [0.1, 0.15) is 0 Å². The van der Waals surface area contributed by atoms with Gasteiger partial charge in [-0.05, 0) is 31.4 Å². The molecule has 1 aliphatic rings. The van der Waals surface area contributed by atoms with E-state index in [0.717, 1.165) is 19.6 Å². The molecule has 0 bridgehead atoms. The lowest BCUT2D eigenvalue weighted by Crippen LogP contribution is -2.16. The van der Waals surface area contributed by atoms with E-state index in [1.807, 2.05) is 18.2 Å². The Bertz CT molecular complexity index is 647. The zero-order chi connectivity index (χ0) is 14.5. The van der Waals surface area contributed by atoms with E-state index in [-0.39, 0.29) is 5.56 Å². The number of aromatic nitrogens is 2. The Hall–Kier alpha value is -1.88. The van der Waals surface area contributed by atoms with E-state index in [4.69, 9.17) is 4.74 Å². The van der Waals surface area contributed by atoms with E-state index >= 15 is 0 Å². The van der Waals surface area contributed by atoms with Gasteiger partial charge in [-0.1, -0.05) is 25.0 Å². The van der Waals surface area contributed by atoms with E-state index in [1.54, 1.807) is 6.07 Å². The van der Waals surface area contributed by atoms with Crippen LogP contribution in [0.25, 0.3) is 10.9 Å². The van der Waals surface area contributed by atoms with Crippen LogP contribution >= 0.6 is 0 Å². The van der Waals surface area contributed by atoms with Gasteiger partial charge in [0.05, 0.1) is 17.0 Å². The molecule has 0 amide bonds. The number of benzene rings is 1. The first kappa shape index (κ1) is 14.1. The SMILES string of the molecule is O=c1[nH]c(NCCCOC2CCCC2)nc2ccccc12. The first-order chi connectivity index (χ1) is 10.3. The molecule has 0 atom stereocenters. The summed E-state index contributed by atoms with van der Waals surface area (Å²) in [5, 5.41) is 3.77. The van der Waals surface area contributed by atoms with Crippen molar-refractivity contribution in [1.82, 2.24) is 9.97 Å². The average molecular weight is 287 g/mol. The van der Waals surface area contributed by atoms with Crippen molar-refractivity contribution < 1.29 is 4.74 Å². The predicted octanol–water partition coefficient (Wildman–Crippen LogP) is 2.68. The fraction of sp³-hybridized carbons (Fsp3) is 0.500. The second-order valence-corrected chi connectivity index (χ2v) is 5.49. The third kappa shape index (κ3) is 3.61. The molecule has 1 aromatic heterocycles. The fourth-order valence-electron chi connectivity index (χ4n) is 2.75. The molecule has 0 spiro atoms. The number of hydrogen-bond acceptors (Lipinski definition) is 4. The Kier molecular flexibility index (Phi) is 4.50. The highest BCUT2D eigenvalue weighted by molar-refractivity contribution is 5.78. The minimum Gasteiger partial charge on any atom is -0.378 e. The molecule has 5 nitrogen and oxygen atoms in total. The van der Waals surface area contributed by atoms with E-state index in [1.165, 1.54) is 25.7 Å². The van der Waals surface area contributed by atoms with Gasteiger partial charge in [0.15, 0.2) is 0 Å². The molecule has 112 valence electrons. The van der Waals surface area contributed by atoms with E-state index in [2.05, 4.69) is 15.3 Å². The van der Waals surface area contributed by atoms with Crippen molar-refractivity contribution in [3.63, 3.8) is 0 Å². The van der Waals surface area contributed by atoms with Gasteiger partial charge in [0, 0.05) is 13.2 Å². The first-order valence-corrected chi connectivity index (χ1v) is 7.67. The highest BCUT2D eigenvalue weighted by Crippen LogP contribution is 2.20. The highest BCUT2D eigenvalue weighted by atomic mass is 16.5. The molecule has 2 N–H and O–H groups in total. The summed E-state index contributed by atoms with van der Waals surface area (Å²) in [6, 6.07) is 7.35. The zero-order valence-corrected chi connectivity index (χ0v) is 12.1. The molecule has 0 aliphatic heterocycles. The molecule has 3 rings (SSSR count). The second kappa shape index (κ2) is 6.72. The second-order valence-electron chi connectivity index (χ2n) is 5.49. The van der Waals surface area contributed by atoms with E-state index in [9.17, 15) is 4.79 Å². The normalized spacial score (nSPS) is 15.6. The maximum atomic E-state index is 11.9. The molecular weight excluding hydrogens is 266 g/mol. The monoisotopic (exact) mass is 287 g/mol. The summed E-state index contributed by atoms with van der Waals surface area (Å²) in [6.07, 6.45) is 6.37. The molecule has 0 unspecified atom stereocenters. The van der Waals surface area contributed by atoms with E-state index in [0.29, 0.717) is 23.0 Å². The van der Waals surface area contributed by atoms with Gasteiger partial charge in [-0.2, -0.15) is 0 Å². The van der Waals surface area contributed by atoms with Gasteiger partial charge < -0.3 is 10.1 Å². The van der Waals surface area contributed by atoms with Crippen LogP contribution in [0.1, 0.15) is 32.1 Å². The fourth-order valence-corrected chi connectivity index (χ4v) is 2.75. The third-order valence-electron chi connectivity index (χ3n) is 3.88. The molecule has 1 aliphatic carbocycles. The van der Waals surface area contributed by atoms with Gasteiger partial charge >= 0.3 is 0 Å². The van der Waals surface area contributed by atoms with Crippen molar-refractivity contribution >= 4 is 16.9 Å². The van der Waals surface area contributed by atoms with Crippen LogP contribution in [0.3, 0.4) is 0 Å². The van der Waals surface area contributed by atoms with Crippen LogP contribution in [0.5, 0.6) is 0 Å². The number of rotatable bonds is 6. The molecule has 0 radical (unpaired) electrons. The van der Waals surface area contributed by atoms with Gasteiger partial charge in [0.25, 0.3) is 5.56 Å². The van der Waals surface area contributed by atoms with Gasteiger partial charge in [-0.3, -0.25) is 9.78 Å². The Morgan fingerprint density at radius 2 is 2.10 bits per heavy atom. The Morgan fingerprint density at radius 1 is 1.29 bits per heavy atom. The Labute approximate surface area is 123 Å². The summed E-state index contributed by atoms with van der Waals surface area (Å²) in [6.45, 7) is 1.50. The predicted molar refractivity (Wildman–Crippen MR) is 83.7 cm³/mol. The minimum atomic E-state index is -0.106. The van der Waals surface area contributed by atoms with Crippen molar-refractivity contribution in [3.05, 3.63) is 34.6 Å². The van der Waals surface area contributed by atoms with Crippen LogP contribution < -0.4 is 10.9 Å². The summed E-state index contributed by atoms with van der Waals surface area (Å²) >= 11 is 0. The first-order valence-electron chi connectivity index (χ1n) is 7.67. The molecule has 1 aromatic carbocycles. The van der Waals surface area contributed by atoms with E-state index < -0.39 is 0 Å². The summed E-state index contributed by atoms with van der Waals surface area (Å²) in [7, 11) is 0. The quantitative estimate of drug-likeness (QED) is 0.802. The maximum Gasteiger partial charge on any atom is 0.260 e. The van der Waals surface area contributed by atoms with Crippen LogP contribution in [0.2, 0.25) is 0 Å². The largest absolute Gasteiger partial charge is 0.378 e. The van der Waals surface area contributed by atoms with Crippen LogP contribution in [0.4, 0.5) is 5.95 Å². The summed E-state index contributed by atoms with van der Waals surface area (Å²) in [5.74, 6) is 0.527. The molecule has 1 fully saturated rings. The molecule has 2 aromatic rings. The number of nitrogens with zero attached hydrogens (tertiary/aromatic N) is 1. The highest BCUT2D eigenvalue weighted by Gasteiger charge is 2.14. The average Bonchev–Trinajstić information content (AvgIpc) is 3.00. The van der Waals surface area contributed by atoms with Gasteiger partial charge in [-0.25, -0.2) is 4.98 Å². The Morgan fingerprint density at radius 3 is 2.95 bits per heavy atom. The lowest BCUT2D eigenvalue weighted by Gasteiger charge is -2.11. The molecule has 21 heavy (non-hydrogen) atoms. The number of anilines is 1. The minimum absolute atomic E-state index is 0.106. The molecule has 5 heteroatoms. The van der Waals surface area contributed by atoms with Gasteiger partial charge in [0.2, 0.25) is 5.95 Å². The van der Waals surface area contributed by atoms with Crippen LogP contribution in [0, 0.1) is 0 Å². The number of H-pyrrole nitrogens is 1. The number of aromatic amines is 1. The number of ether oxygens (including phenoxy) is 1. The van der Waals surface area contributed by atoms with Crippen molar-refractivity contribution in [2.45, 2.75) is 38.2 Å². The summed E-state index contributed by atoms with van der Waals surface area (Å²) < 4.78 is 5.80. The number of fused-ring (bicyclic) bond motifs is 1. The third-order valence-corrected chi connectivity index (χ3v) is 3.88. The molecule has 1 saturated carbocycles. The number of para-hydroxylation sites is 1. The van der Waals surface area contributed by atoms with Crippen molar-refractivity contribution in [3.8, 4) is 0 Å². The smallest absolute Gasteiger partial charge is 0.260 e. The van der Waals surface area contributed by atoms with Gasteiger partial charge in [-0.15, -0.1) is 0 Å². The van der Waals surface area contributed by atoms with Crippen LogP contribution in [-0.4, -0.2) is 29.2 Å².